The van der Waals surface area contributed by atoms with E-state index in [1.165, 1.54) is 0 Å². The number of thiazole rings is 1. The molecule has 0 saturated carbocycles. The van der Waals surface area contributed by atoms with Crippen LogP contribution in [0.1, 0.15) is 5.56 Å². The van der Waals surface area contributed by atoms with Gasteiger partial charge in [0.1, 0.15) is 5.52 Å². The van der Waals surface area contributed by atoms with Gasteiger partial charge in [0.05, 0.1) is 15.2 Å². The Hall–Kier alpha value is -0.640. The van der Waals surface area contributed by atoms with E-state index in [1.54, 1.807) is 11.3 Å². The molecule has 2 nitrogen and oxygen atoms in total. The van der Waals surface area contributed by atoms with E-state index in [-0.39, 0.29) is 0 Å². The van der Waals surface area contributed by atoms with Crippen LogP contribution in [0.15, 0.2) is 17.6 Å². The minimum absolute atomic E-state index is 0.620. The molecule has 0 bridgehead atoms. The molecule has 0 fully saturated rings. The predicted molar refractivity (Wildman–Crippen MR) is 57.4 cm³/mol. The standard InChI is InChI=1S/C9H9ClN2S/c10-8-6(3-4-11)1-2-7-9(8)12-5-13-7/h1-2,5H,3-4,11H2. The molecule has 0 aliphatic heterocycles. The number of aromatic nitrogens is 1. The fourth-order valence-corrected chi connectivity index (χ4v) is 2.34. The first kappa shape index (κ1) is 8.94. The van der Waals surface area contributed by atoms with Gasteiger partial charge in [-0.2, -0.15) is 0 Å². The molecule has 0 unspecified atom stereocenters. The van der Waals surface area contributed by atoms with Crippen LogP contribution in [0, 0.1) is 0 Å². The van der Waals surface area contributed by atoms with Crippen LogP contribution in [-0.4, -0.2) is 11.5 Å². The Balaban J connectivity index is 2.59. The van der Waals surface area contributed by atoms with Gasteiger partial charge in [0, 0.05) is 0 Å². The van der Waals surface area contributed by atoms with Crippen molar-refractivity contribution in [2.24, 2.45) is 5.73 Å². The number of benzene rings is 1. The summed E-state index contributed by atoms with van der Waals surface area (Å²) >= 11 is 7.75. The summed E-state index contributed by atoms with van der Waals surface area (Å²) in [6, 6.07) is 4.07. The lowest BCUT2D eigenvalue weighted by Crippen LogP contribution is -2.03. The molecular weight excluding hydrogens is 204 g/mol. The molecule has 0 atom stereocenters. The van der Waals surface area contributed by atoms with Crippen molar-refractivity contribution in [3.8, 4) is 0 Å². The smallest absolute Gasteiger partial charge is 0.100 e. The second-order valence-corrected chi connectivity index (χ2v) is 4.04. The summed E-state index contributed by atoms with van der Waals surface area (Å²) in [5.74, 6) is 0. The number of nitrogens with two attached hydrogens (primary N) is 1. The fourth-order valence-electron chi connectivity index (χ4n) is 1.29. The van der Waals surface area contributed by atoms with Crippen LogP contribution in [0.3, 0.4) is 0 Å². The molecule has 0 spiro atoms. The average Bonchev–Trinajstić information content (AvgIpc) is 2.58. The zero-order valence-corrected chi connectivity index (χ0v) is 8.53. The number of hydrogen-bond donors (Lipinski definition) is 1. The lowest BCUT2D eigenvalue weighted by Gasteiger charge is -2.01. The monoisotopic (exact) mass is 212 g/mol. The van der Waals surface area contributed by atoms with Crippen molar-refractivity contribution in [3.05, 3.63) is 28.2 Å². The molecule has 1 heterocycles. The van der Waals surface area contributed by atoms with Gasteiger partial charge in [-0.3, -0.25) is 0 Å². The number of fused-ring (bicyclic) bond motifs is 1. The van der Waals surface area contributed by atoms with Gasteiger partial charge in [0.2, 0.25) is 0 Å². The normalized spacial score (nSPS) is 10.9. The maximum Gasteiger partial charge on any atom is 0.100 e. The Morgan fingerprint density at radius 2 is 2.31 bits per heavy atom. The van der Waals surface area contributed by atoms with E-state index >= 15 is 0 Å². The molecule has 4 heteroatoms. The Labute approximate surface area is 85.3 Å². The van der Waals surface area contributed by atoms with Crippen LogP contribution in [0.25, 0.3) is 10.2 Å². The van der Waals surface area contributed by atoms with E-state index in [0.717, 1.165) is 27.2 Å². The molecular formula is C9H9ClN2S. The summed E-state index contributed by atoms with van der Waals surface area (Å²) in [6.07, 6.45) is 0.812. The van der Waals surface area contributed by atoms with Crippen LogP contribution in [0.4, 0.5) is 0 Å². The molecule has 68 valence electrons. The van der Waals surface area contributed by atoms with Gasteiger partial charge >= 0.3 is 0 Å². The van der Waals surface area contributed by atoms with Crippen LogP contribution >= 0.6 is 22.9 Å². The molecule has 0 aliphatic rings. The maximum atomic E-state index is 6.15. The van der Waals surface area contributed by atoms with Crippen molar-refractivity contribution in [3.63, 3.8) is 0 Å². The summed E-state index contributed by atoms with van der Waals surface area (Å²) in [6.45, 7) is 0.620. The van der Waals surface area contributed by atoms with Gasteiger partial charge in [0.25, 0.3) is 0 Å². The number of rotatable bonds is 2. The minimum Gasteiger partial charge on any atom is -0.330 e. The summed E-state index contributed by atoms with van der Waals surface area (Å²) in [5.41, 5.74) is 9.27. The SMILES string of the molecule is NCCc1ccc2scnc2c1Cl. The highest BCUT2D eigenvalue weighted by molar-refractivity contribution is 7.16. The highest BCUT2D eigenvalue weighted by Crippen LogP contribution is 2.28. The summed E-state index contributed by atoms with van der Waals surface area (Å²) < 4.78 is 1.13. The Kier molecular flexibility index (Phi) is 2.49. The summed E-state index contributed by atoms with van der Waals surface area (Å²) in [7, 11) is 0. The lowest BCUT2D eigenvalue weighted by atomic mass is 10.1. The van der Waals surface area contributed by atoms with Crippen molar-refractivity contribution in [2.45, 2.75) is 6.42 Å². The van der Waals surface area contributed by atoms with Crippen LogP contribution in [0.5, 0.6) is 0 Å². The summed E-state index contributed by atoms with van der Waals surface area (Å²) in [4.78, 5) is 4.21. The van der Waals surface area contributed by atoms with Gasteiger partial charge in [-0.1, -0.05) is 17.7 Å². The second kappa shape index (κ2) is 3.62. The molecule has 0 aliphatic carbocycles. The van der Waals surface area contributed by atoms with E-state index in [4.69, 9.17) is 17.3 Å². The molecule has 0 amide bonds. The first-order valence-electron chi connectivity index (χ1n) is 4.03. The molecule has 2 rings (SSSR count). The number of halogens is 1. The first-order valence-corrected chi connectivity index (χ1v) is 5.29. The van der Waals surface area contributed by atoms with E-state index in [1.807, 2.05) is 17.6 Å². The van der Waals surface area contributed by atoms with E-state index < -0.39 is 0 Å². The average molecular weight is 213 g/mol. The van der Waals surface area contributed by atoms with Crippen molar-refractivity contribution in [2.75, 3.05) is 6.54 Å². The van der Waals surface area contributed by atoms with E-state index in [2.05, 4.69) is 4.98 Å². The topological polar surface area (TPSA) is 38.9 Å². The lowest BCUT2D eigenvalue weighted by molar-refractivity contribution is 0.971. The van der Waals surface area contributed by atoms with E-state index in [9.17, 15) is 0 Å². The van der Waals surface area contributed by atoms with Gasteiger partial charge in [-0.25, -0.2) is 4.98 Å². The van der Waals surface area contributed by atoms with Gasteiger partial charge in [0.15, 0.2) is 0 Å². The van der Waals surface area contributed by atoms with Crippen molar-refractivity contribution in [1.82, 2.24) is 4.98 Å². The highest BCUT2D eigenvalue weighted by Gasteiger charge is 2.06. The Bertz CT molecular complexity index is 424. The summed E-state index contributed by atoms with van der Waals surface area (Å²) in [5, 5.41) is 0.754. The van der Waals surface area contributed by atoms with Crippen LogP contribution < -0.4 is 5.73 Å². The minimum atomic E-state index is 0.620. The van der Waals surface area contributed by atoms with Gasteiger partial charge < -0.3 is 5.73 Å². The Morgan fingerprint density at radius 3 is 3.08 bits per heavy atom. The first-order chi connectivity index (χ1) is 6.33. The molecule has 0 saturated heterocycles. The molecule has 2 N–H and O–H groups in total. The third-order valence-corrected chi connectivity index (χ3v) is 3.15. The largest absolute Gasteiger partial charge is 0.330 e. The zero-order valence-electron chi connectivity index (χ0n) is 6.96. The molecule has 2 aromatic rings. The zero-order chi connectivity index (χ0) is 9.26. The molecule has 0 radical (unpaired) electrons. The van der Waals surface area contributed by atoms with Crippen molar-refractivity contribution < 1.29 is 0 Å². The predicted octanol–water partition coefficient (Wildman–Crippen LogP) is 2.45. The van der Waals surface area contributed by atoms with Gasteiger partial charge in [-0.15, -0.1) is 11.3 Å². The number of nitrogens with zero attached hydrogens (tertiary/aromatic N) is 1. The fraction of sp³-hybridized carbons (Fsp3) is 0.222. The molecule has 1 aromatic heterocycles. The highest BCUT2D eigenvalue weighted by atomic mass is 35.5. The van der Waals surface area contributed by atoms with Crippen molar-refractivity contribution >= 4 is 33.2 Å². The van der Waals surface area contributed by atoms with E-state index in [0.29, 0.717) is 6.54 Å². The Morgan fingerprint density at radius 1 is 1.46 bits per heavy atom. The third-order valence-electron chi connectivity index (χ3n) is 1.93. The second-order valence-electron chi connectivity index (χ2n) is 2.78. The van der Waals surface area contributed by atoms with Crippen molar-refractivity contribution in [1.29, 1.82) is 0 Å². The van der Waals surface area contributed by atoms with Crippen LogP contribution in [0.2, 0.25) is 5.02 Å². The molecule has 1 aromatic carbocycles. The maximum absolute atomic E-state index is 6.15. The van der Waals surface area contributed by atoms with Gasteiger partial charge in [-0.05, 0) is 24.6 Å². The molecule has 13 heavy (non-hydrogen) atoms. The quantitative estimate of drug-likeness (QED) is 0.831. The third kappa shape index (κ3) is 1.55. The number of hydrogen-bond acceptors (Lipinski definition) is 3. The van der Waals surface area contributed by atoms with Crippen LogP contribution in [-0.2, 0) is 6.42 Å².